The van der Waals surface area contributed by atoms with Gasteiger partial charge in [-0.2, -0.15) is 26.3 Å². The predicted molar refractivity (Wildman–Crippen MR) is 124 cm³/mol. The van der Waals surface area contributed by atoms with E-state index >= 15 is 0 Å². The molecule has 5 nitrogen and oxygen atoms in total. The summed E-state index contributed by atoms with van der Waals surface area (Å²) in [6, 6.07) is 4.11. The van der Waals surface area contributed by atoms with Crippen LogP contribution in [0, 0.1) is 5.82 Å². The summed E-state index contributed by atoms with van der Waals surface area (Å²) in [4.78, 5) is 20.2. The van der Waals surface area contributed by atoms with Crippen molar-refractivity contribution in [2.45, 2.75) is 18.3 Å². The van der Waals surface area contributed by atoms with E-state index < -0.39 is 68.1 Å². The summed E-state index contributed by atoms with van der Waals surface area (Å²) in [6.07, 6.45) is -7.71. The van der Waals surface area contributed by atoms with E-state index in [1.807, 2.05) is 0 Å². The molecule has 1 heterocycles. The summed E-state index contributed by atoms with van der Waals surface area (Å²) in [6.45, 7) is 0. The van der Waals surface area contributed by atoms with Gasteiger partial charge >= 0.3 is 12.4 Å². The molecule has 3 rings (SSSR count). The normalized spacial score (nSPS) is 13.3. The van der Waals surface area contributed by atoms with E-state index in [0.717, 1.165) is 5.01 Å². The number of halogens is 10. The second kappa shape index (κ2) is 11.1. The molecule has 0 saturated heterocycles. The number of nitrogens with one attached hydrogen (secondary N) is 1. The van der Waals surface area contributed by atoms with Crippen molar-refractivity contribution in [2.75, 3.05) is 12.1 Å². The molecule has 202 valence electrons. The minimum atomic E-state index is -5.19. The van der Waals surface area contributed by atoms with Crippen LogP contribution in [0.2, 0.25) is 10.0 Å². The number of alkyl halides is 6. The number of allylic oxidation sites excluding steroid dienone is 1. The molecule has 0 spiro atoms. The van der Waals surface area contributed by atoms with Gasteiger partial charge in [-0.3, -0.25) is 15.2 Å². The Morgan fingerprint density at radius 1 is 1.03 bits per heavy atom. The molecule has 3 aromatic rings. The van der Waals surface area contributed by atoms with Gasteiger partial charge < -0.3 is 0 Å². The zero-order valence-corrected chi connectivity index (χ0v) is 20.3. The highest BCUT2D eigenvalue weighted by Crippen LogP contribution is 2.41. The predicted octanol–water partition coefficient (Wildman–Crippen LogP) is 7.38. The number of anilines is 1. The second-order valence-corrected chi connectivity index (χ2v) is 8.45. The molecule has 0 aliphatic carbocycles. The number of hydrogen-bond donors (Lipinski definition) is 1. The Hall–Kier alpha value is -3.45. The van der Waals surface area contributed by atoms with Gasteiger partial charge in [-0.25, -0.2) is 18.7 Å². The van der Waals surface area contributed by atoms with Crippen LogP contribution in [-0.2, 0) is 6.18 Å². The number of aromatic nitrogens is 2. The molecule has 0 aliphatic heterocycles. The van der Waals surface area contributed by atoms with Crippen LogP contribution < -0.4 is 10.4 Å². The van der Waals surface area contributed by atoms with Crippen molar-refractivity contribution in [3.05, 3.63) is 93.0 Å². The Kier molecular flexibility index (Phi) is 8.52. The molecule has 0 aliphatic rings. The van der Waals surface area contributed by atoms with Crippen molar-refractivity contribution < 1.29 is 39.9 Å². The molecule has 1 N–H and O–H groups in total. The third-order valence-electron chi connectivity index (χ3n) is 5.00. The first kappa shape index (κ1) is 29.1. The summed E-state index contributed by atoms with van der Waals surface area (Å²) < 4.78 is 111. The lowest BCUT2D eigenvalue weighted by Crippen LogP contribution is -2.41. The fourth-order valence-corrected chi connectivity index (χ4v) is 3.73. The number of rotatable bonds is 6. The standard InChI is InChI=1S/C23H14Cl2F8N4O/c1-37(21-34-5-2-6-35-21)36-20(38)13-4-3-11(7-15(13)23(31,32)33)18(26)10-14(22(28,29)30)12-8-16(24)19(27)17(25)9-12/h2-10,14H,1H3,(H,36,38). The first-order valence-electron chi connectivity index (χ1n) is 10.2. The lowest BCUT2D eigenvalue weighted by molar-refractivity contribution is -0.140. The monoisotopic (exact) mass is 584 g/mol. The third kappa shape index (κ3) is 6.70. The maximum atomic E-state index is 14.9. The van der Waals surface area contributed by atoms with Crippen molar-refractivity contribution in [3.8, 4) is 0 Å². The van der Waals surface area contributed by atoms with Crippen LogP contribution in [0.25, 0.3) is 5.83 Å². The number of carbonyl (C=O) groups excluding carboxylic acids is 1. The Morgan fingerprint density at radius 3 is 2.13 bits per heavy atom. The Morgan fingerprint density at radius 2 is 1.61 bits per heavy atom. The molecule has 2 aromatic carbocycles. The van der Waals surface area contributed by atoms with E-state index in [0.29, 0.717) is 24.3 Å². The molecule has 15 heteroatoms. The van der Waals surface area contributed by atoms with Crippen molar-refractivity contribution >= 4 is 40.9 Å². The fraction of sp³-hybridized carbons (Fsp3) is 0.174. The van der Waals surface area contributed by atoms with Gasteiger partial charge in [-0.15, -0.1) is 0 Å². The first-order valence-corrected chi connectivity index (χ1v) is 11.0. The second-order valence-electron chi connectivity index (χ2n) is 7.64. The van der Waals surface area contributed by atoms with Gasteiger partial charge in [0.25, 0.3) is 5.91 Å². The summed E-state index contributed by atoms with van der Waals surface area (Å²) in [5, 5.41) is -0.601. The van der Waals surface area contributed by atoms with Gasteiger partial charge in [-0.1, -0.05) is 29.3 Å². The summed E-state index contributed by atoms with van der Waals surface area (Å²) in [5.74, 6) is -6.96. The fourth-order valence-electron chi connectivity index (χ4n) is 3.23. The smallest absolute Gasteiger partial charge is 0.267 e. The van der Waals surface area contributed by atoms with Gasteiger partial charge in [0, 0.05) is 25.0 Å². The lowest BCUT2D eigenvalue weighted by atomic mass is 9.95. The first-order chi connectivity index (χ1) is 17.6. The van der Waals surface area contributed by atoms with Gasteiger partial charge in [0.1, 0.15) is 11.7 Å². The van der Waals surface area contributed by atoms with E-state index in [1.165, 1.54) is 25.5 Å². The summed E-state index contributed by atoms with van der Waals surface area (Å²) >= 11 is 11.1. The maximum absolute atomic E-state index is 14.9. The molecular formula is C23H14Cl2F8N4O. The van der Waals surface area contributed by atoms with E-state index in [9.17, 15) is 39.9 Å². The average Bonchev–Trinajstić information content (AvgIpc) is 2.84. The van der Waals surface area contributed by atoms with Crippen molar-refractivity contribution in [3.63, 3.8) is 0 Å². The highest BCUT2D eigenvalue weighted by molar-refractivity contribution is 6.35. The summed E-state index contributed by atoms with van der Waals surface area (Å²) in [5.41, 5.74) is -2.09. The molecule has 0 fully saturated rings. The van der Waals surface area contributed by atoms with Crippen molar-refractivity contribution in [1.82, 2.24) is 15.4 Å². The van der Waals surface area contributed by atoms with Gasteiger partial charge in [0.05, 0.1) is 21.2 Å². The van der Waals surface area contributed by atoms with Crippen LogP contribution in [-0.4, -0.2) is 29.1 Å². The van der Waals surface area contributed by atoms with E-state index in [1.54, 1.807) is 0 Å². The molecule has 1 unspecified atom stereocenters. The van der Waals surface area contributed by atoms with E-state index in [-0.39, 0.29) is 18.1 Å². The Labute approximate surface area is 219 Å². The molecule has 1 aromatic heterocycles. The third-order valence-corrected chi connectivity index (χ3v) is 5.55. The SMILES string of the molecule is CN(NC(=O)c1ccc(C(F)=CC(c2cc(Cl)c(F)c(Cl)c2)C(F)(F)F)cc1C(F)(F)F)c1ncccn1. The van der Waals surface area contributed by atoms with Crippen LogP contribution in [0.15, 0.2) is 54.9 Å². The van der Waals surface area contributed by atoms with Crippen LogP contribution in [0.5, 0.6) is 0 Å². The zero-order valence-electron chi connectivity index (χ0n) is 18.8. The minimum Gasteiger partial charge on any atom is -0.267 e. The number of hydrogen-bond acceptors (Lipinski definition) is 4. The van der Waals surface area contributed by atoms with Crippen LogP contribution >= 0.6 is 23.2 Å². The van der Waals surface area contributed by atoms with Crippen LogP contribution in [0.3, 0.4) is 0 Å². The van der Waals surface area contributed by atoms with Gasteiger partial charge in [0.2, 0.25) is 5.95 Å². The molecular weight excluding hydrogens is 571 g/mol. The molecule has 0 bridgehead atoms. The highest BCUT2D eigenvalue weighted by Gasteiger charge is 2.41. The number of nitrogens with zero attached hydrogens (tertiary/aromatic N) is 3. The number of benzene rings is 2. The van der Waals surface area contributed by atoms with E-state index in [4.69, 9.17) is 23.2 Å². The van der Waals surface area contributed by atoms with Crippen molar-refractivity contribution in [2.24, 2.45) is 0 Å². The zero-order chi connectivity index (χ0) is 28.4. The summed E-state index contributed by atoms with van der Waals surface area (Å²) in [7, 11) is 1.25. The topological polar surface area (TPSA) is 58.1 Å². The number of carbonyl (C=O) groups is 1. The highest BCUT2D eigenvalue weighted by atomic mass is 35.5. The molecule has 0 radical (unpaired) electrons. The largest absolute Gasteiger partial charge is 0.417 e. The van der Waals surface area contributed by atoms with Gasteiger partial charge in [0.15, 0.2) is 5.82 Å². The quantitative estimate of drug-likeness (QED) is 0.186. The molecule has 1 amide bonds. The van der Waals surface area contributed by atoms with Crippen LogP contribution in [0.4, 0.5) is 41.1 Å². The number of hydrazine groups is 1. The number of amides is 1. The molecule has 1 atom stereocenters. The minimum absolute atomic E-state index is 0.00432. The van der Waals surface area contributed by atoms with E-state index in [2.05, 4.69) is 15.4 Å². The average molecular weight is 585 g/mol. The molecule has 38 heavy (non-hydrogen) atoms. The molecule has 0 saturated carbocycles. The maximum Gasteiger partial charge on any atom is 0.417 e. The van der Waals surface area contributed by atoms with Crippen LogP contribution in [0.1, 0.15) is 33.0 Å². The van der Waals surface area contributed by atoms with Gasteiger partial charge in [-0.05, 0) is 42.0 Å². The van der Waals surface area contributed by atoms with Crippen molar-refractivity contribution in [1.29, 1.82) is 0 Å². The Bertz CT molecular complexity index is 1340. The Balaban J connectivity index is 2.01. The lowest BCUT2D eigenvalue weighted by Gasteiger charge is -2.20.